The van der Waals surface area contributed by atoms with E-state index in [9.17, 15) is 4.79 Å². The summed E-state index contributed by atoms with van der Waals surface area (Å²) in [5.74, 6) is -0.793. The molecule has 0 aromatic heterocycles. The molecule has 80 valence electrons. The van der Waals surface area contributed by atoms with Crippen LogP contribution in [0.2, 0.25) is 0 Å². The van der Waals surface area contributed by atoms with Gasteiger partial charge in [-0.3, -0.25) is 4.79 Å². The van der Waals surface area contributed by atoms with Gasteiger partial charge >= 0.3 is 5.97 Å². The molecule has 0 bridgehead atoms. The third kappa shape index (κ3) is 8.78. The fourth-order valence-electron chi connectivity index (χ4n) is 0.721. The average molecular weight is 196 g/mol. The smallest absolute Gasteiger partial charge is 0.307 e. The fraction of sp³-hybridized carbons (Fsp3) is 0.417. The van der Waals surface area contributed by atoms with Gasteiger partial charge in [0.15, 0.2) is 0 Å². The second kappa shape index (κ2) is 9.78. The largest absolute Gasteiger partial charge is 0.481 e. The van der Waals surface area contributed by atoms with Crippen molar-refractivity contribution in [2.45, 2.75) is 34.1 Å². The summed E-state index contributed by atoms with van der Waals surface area (Å²) < 4.78 is 0. The van der Waals surface area contributed by atoms with Gasteiger partial charge in [-0.05, 0) is 13.8 Å². The molecule has 0 spiro atoms. The van der Waals surface area contributed by atoms with Crippen LogP contribution in [0.15, 0.2) is 36.0 Å². The van der Waals surface area contributed by atoms with Gasteiger partial charge in [0.25, 0.3) is 0 Å². The Labute approximate surface area is 86.6 Å². The first-order chi connectivity index (χ1) is 6.57. The maximum Gasteiger partial charge on any atom is 0.307 e. The quantitative estimate of drug-likeness (QED) is 0.698. The topological polar surface area (TPSA) is 37.3 Å². The van der Waals surface area contributed by atoms with E-state index >= 15 is 0 Å². The van der Waals surface area contributed by atoms with Crippen LogP contribution in [0, 0.1) is 0 Å². The highest BCUT2D eigenvalue weighted by molar-refractivity contribution is 5.70. The maximum absolute atomic E-state index is 10.3. The lowest BCUT2D eigenvalue weighted by Gasteiger charge is -1.98. The number of carboxylic acid groups (broad SMARTS) is 1. The first-order valence-corrected chi connectivity index (χ1v) is 4.75. The number of hydrogen-bond acceptors (Lipinski definition) is 1. The first-order valence-electron chi connectivity index (χ1n) is 4.75. The second-order valence-corrected chi connectivity index (χ2v) is 2.63. The number of rotatable bonds is 4. The maximum atomic E-state index is 10.3. The highest BCUT2D eigenvalue weighted by Gasteiger charge is 1.99. The van der Waals surface area contributed by atoms with Gasteiger partial charge in [0, 0.05) is 0 Å². The Morgan fingerprint density at radius 1 is 1.36 bits per heavy atom. The second-order valence-electron chi connectivity index (χ2n) is 2.63. The summed E-state index contributed by atoms with van der Waals surface area (Å²) in [6.07, 6.45) is 5.41. The van der Waals surface area contributed by atoms with Crippen LogP contribution < -0.4 is 0 Å². The molecular weight excluding hydrogens is 176 g/mol. The molecule has 0 aliphatic heterocycles. The summed E-state index contributed by atoms with van der Waals surface area (Å²) in [7, 11) is 0. The molecule has 0 unspecified atom stereocenters. The molecule has 0 aromatic rings. The van der Waals surface area contributed by atoms with Crippen LogP contribution in [-0.2, 0) is 4.79 Å². The lowest BCUT2D eigenvalue weighted by atomic mass is 10.1. The van der Waals surface area contributed by atoms with Gasteiger partial charge in [-0.15, -0.1) is 0 Å². The minimum Gasteiger partial charge on any atom is -0.481 e. The van der Waals surface area contributed by atoms with E-state index in [1.54, 1.807) is 12.2 Å². The van der Waals surface area contributed by atoms with E-state index in [0.717, 1.165) is 11.1 Å². The molecule has 0 saturated carbocycles. The van der Waals surface area contributed by atoms with E-state index in [4.69, 9.17) is 5.11 Å². The van der Waals surface area contributed by atoms with E-state index in [1.807, 2.05) is 33.8 Å². The summed E-state index contributed by atoms with van der Waals surface area (Å²) in [5, 5.41) is 8.48. The molecule has 0 amide bonds. The normalized spacial score (nSPS) is 11.4. The standard InChI is InChI=1S/C10H14O2.C2H6/c1-4-5-6-8(2)9(3)7-10(11)12;1-2/h4-6H,1,7H2,2-3H3,(H,11,12);1-2H3/b6-5-,9-8+;. The van der Waals surface area contributed by atoms with E-state index in [1.165, 1.54) is 0 Å². The van der Waals surface area contributed by atoms with Crippen LogP contribution in [0.1, 0.15) is 34.1 Å². The van der Waals surface area contributed by atoms with Crippen molar-refractivity contribution in [3.63, 3.8) is 0 Å². The third-order valence-electron chi connectivity index (χ3n) is 1.57. The summed E-state index contributed by atoms with van der Waals surface area (Å²) in [5.41, 5.74) is 1.86. The molecule has 0 radical (unpaired) electrons. The van der Waals surface area contributed by atoms with Crippen LogP contribution in [0.25, 0.3) is 0 Å². The number of allylic oxidation sites excluding steroid dienone is 4. The Morgan fingerprint density at radius 3 is 2.21 bits per heavy atom. The van der Waals surface area contributed by atoms with Gasteiger partial charge in [-0.1, -0.05) is 49.8 Å². The zero-order valence-electron chi connectivity index (χ0n) is 9.50. The van der Waals surface area contributed by atoms with Crippen LogP contribution >= 0.6 is 0 Å². The molecule has 2 heteroatoms. The van der Waals surface area contributed by atoms with E-state index in [-0.39, 0.29) is 6.42 Å². The zero-order chi connectivity index (χ0) is 11.6. The molecule has 0 fully saturated rings. The van der Waals surface area contributed by atoms with Gasteiger partial charge < -0.3 is 5.11 Å². The van der Waals surface area contributed by atoms with Crippen molar-refractivity contribution in [1.82, 2.24) is 0 Å². The molecule has 14 heavy (non-hydrogen) atoms. The van der Waals surface area contributed by atoms with E-state index in [2.05, 4.69) is 6.58 Å². The lowest BCUT2D eigenvalue weighted by molar-refractivity contribution is -0.136. The van der Waals surface area contributed by atoms with Crippen LogP contribution in [0.3, 0.4) is 0 Å². The van der Waals surface area contributed by atoms with Gasteiger partial charge in [0.05, 0.1) is 6.42 Å². The van der Waals surface area contributed by atoms with Crippen LogP contribution in [-0.4, -0.2) is 11.1 Å². The Bertz CT molecular complexity index is 235. The van der Waals surface area contributed by atoms with Crippen molar-refractivity contribution in [2.24, 2.45) is 0 Å². The molecule has 0 aliphatic carbocycles. The molecule has 0 heterocycles. The van der Waals surface area contributed by atoms with E-state index < -0.39 is 5.97 Å². The molecule has 0 atom stereocenters. The molecule has 1 N–H and O–H groups in total. The zero-order valence-corrected chi connectivity index (χ0v) is 9.50. The highest BCUT2D eigenvalue weighted by Crippen LogP contribution is 2.08. The van der Waals surface area contributed by atoms with Crippen LogP contribution in [0.4, 0.5) is 0 Å². The van der Waals surface area contributed by atoms with Crippen molar-refractivity contribution in [2.75, 3.05) is 0 Å². The van der Waals surface area contributed by atoms with Gasteiger partial charge in [0.2, 0.25) is 0 Å². The van der Waals surface area contributed by atoms with Crippen molar-refractivity contribution in [1.29, 1.82) is 0 Å². The minimum absolute atomic E-state index is 0.104. The third-order valence-corrected chi connectivity index (χ3v) is 1.57. The Kier molecular flexibility index (Phi) is 10.6. The Morgan fingerprint density at radius 2 is 1.86 bits per heavy atom. The van der Waals surface area contributed by atoms with Gasteiger partial charge in [0.1, 0.15) is 0 Å². The van der Waals surface area contributed by atoms with Gasteiger partial charge in [-0.25, -0.2) is 0 Å². The number of hydrogen-bond donors (Lipinski definition) is 1. The molecule has 0 aromatic carbocycles. The SMILES string of the molecule is C=C/C=C\C(C)=C(/C)CC(=O)O.CC. The van der Waals surface area contributed by atoms with Gasteiger partial charge in [-0.2, -0.15) is 0 Å². The summed E-state index contributed by atoms with van der Waals surface area (Å²) in [4.78, 5) is 10.3. The fourth-order valence-corrected chi connectivity index (χ4v) is 0.721. The van der Waals surface area contributed by atoms with E-state index in [0.29, 0.717) is 0 Å². The molecular formula is C12H20O2. The summed E-state index contributed by atoms with van der Waals surface area (Å²) in [6.45, 7) is 11.2. The van der Waals surface area contributed by atoms with Crippen molar-refractivity contribution in [3.8, 4) is 0 Å². The Balaban J connectivity index is 0. The average Bonchev–Trinajstić information content (AvgIpc) is 2.16. The Hall–Kier alpha value is -1.31. The lowest BCUT2D eigenvalue weighted by Crippen LogP contribution is -1.96. The molecule has 0 rings (SSSR count). The summed E-state index contributed by atoms with van der Waals surface area (Å²) >= 11 is 0. The molecule has 2 nitrogen and oxygen atoms in total. The molecule has 0 aliphatic rings. The minimum atomic E-state index is -0.793. The number of carbonyl (C=O) groups is 1. The highest BCUT2D eigenvalue weighted by atomic mass is 16.4. The number of aliphatic carboxylic acids is 1. The summed E-state index contributed by atoms with van der Waals surface area (Å²) in [6, 6.07) is 0. The predicted octanol–water partition coefficient (Wildman–Crippen LogP) is 3.57. The number of carboxylic acids is 1. The monoisotopic (exact) mass is 196 g/mol. The van der Waals surface area contributed by atoms with Crippen molar-refractivity contribution >= 4 is 5.97 Å². The van der Waals surface area contributed by atoms with Crippen molar-refractivity contribution < 1.29 is 9.90 Å². The molecule has 0 saturated heterocycles. The van der Waals surface area contributed by atoms with Crippen LogP contribution in [0.5, 0.6) is 0 Å². The first kappa shape index (κ1) is 15.2. The predicted molar refractivity (Wildman–Crippen MR) is 61.3 cm³/mol. The van der Waals surface area contributed by atoms with Crippen molar-refractivity contribution in [3.05, 3.63) is 36.0 Å².